The molecule has 0 aliphatic heterocycles. The van der Waals surface area contributed by atoms with Crippen molar-refractivity contribution in [3.05, 3.63) is 47.6 Å². The third-order valence-corrected chi connectivity index (χ3v) is 6.79. The smallest absolute Gasteiger partial charge is 0.0116 e. The van der Waals surface area contributed by atoms with Crippen molar-refractivity contribution in [1.29, 1.82) is 0 Å². The molecule has 0 aromatic rings. The van der Waals surface area contributed by atoms with E-state index >= 15 is 0 Å². The van der Waals surface area contributed by atoms with Gasteiger partial charge in [-0.05, 0) is 81.5 Å². The number of allylic oxidation sites excluding steroid dienone is 7. The van der Waals surface area contributed by atoms with Gasteiger partial charge in [-0.2, -0.15) is 0 Å². The van der Waals surface area contributed by atoms with Crippen LogP contribution < -0.4 is 0 Å². The van der Waals surface area contributed by atoms with Crippen molar-refractivity contribution in [2.45, 2.75) is 86.5 Å². The van der Waals surface area contributed by atoms with Gasteiger partial charge < -0.3 is 0 Å². The van der Waals surface area contributed by atoms with Crippen LogP contribution in [0.3, 0.4) is 0 Å². The van der Waals surface area contributed by atoms with Crippen molar-refractivity contribution < 1.29 is 0 Å². The lowest BCUT2D eigenvalue weighted by Crippen LogP contribution is -2.21. The minimum atomic E-state index is 0.311. The van der Waals surface area contributed by atoms with Gasteiger partial charge in [-0.3, -0.25) is 0 Å². The van der Waals surface area contributed by atoms with Gasteiger partial charge in [0.15, 0.2) is 0 Å². The molecule has 3 aliphatic carbocycles. The Kier molecular flexibility index (Phi) is 6.57. The molecule has 3 rings (SSSR count). The van der Waals surface area contributed by atoms with Gasteiger partial charge in [-0.25, -0.2) is 0 Å². The topological polar surface area (TPSA) is 0 Å². The fraction of sp³-hybridized carbons (Fsp3) is 0.680. The van der Waals surface area contributed by atoms with Gasteiger partial charge >= 0.3 is 0 Å². The highest BCUT2D eigenvalue weighted by Crippen LogP contribution is 2.58. The van der Waals surface area contributed by atoms with Gasteiger partial charge in [0.2, 0.25) is 0 Å². The van der Waals surface area contributed by atoms with Crippen LogP contribution in [-0.2, 0) is 0 Å². The van der Waals surface area contributed by atoms with Crippen molar-refractivity contribution in [1.82, 2.24) is 0 Å². The Balaban J connectivity index is 0.000000194. The maximum absolute atomic E-state index is 4.19. The average molecular weight is 341 g/mol. The molecular weight excluding hydrogens is 300 g/mol. The molecule has 0 aromatic heterocycles. The van der Waals surface area contributed by atoms with E-state index in [9.17, 15) is 0 Å². The van der Waals surface area contributed by atoms with Crippen LogP contribution in [0.5, 0.6) is 0 Å². The van der Waals surface area contributed by atoms with Crippen LogP contribution in [0.4, 0.5) is 0 Å². The molecule has 2 fully saturated rings. The van der Waals surface area contributed by atoms with Crippen LogP contribution in [0.15, 0.2) is 47.6 Å². The van der Waals surface area contributed by atoms with E-state index in [1.807, 2.05) is 0 Å². The highest BCUT2D eigenvalue weighted by Gasteiger charge is 2.47. The number of hydrogen-bond acceptors (Lipinski definition) is 0. The van der Waals surface area contributed by atoms with E-state index in [2.05, 4.69) is 72.4 Å². The molecule has 0 heterocycles. The Bertz CT molecular complexity index is 565. The number of rotatable bonds is 0. The lowest BCUT2D eigenvalue weighted by atomic mass is 9.73. The van der Waals surface area contributed by atoms with Crippen molar-refractivity contribution in [3.63, 3.8) is 0 Å². The van der Waals surface area contributed by atoms with Gasteiger partial charge in [0.25, 0.3) is 0 Å². The summed E-state index contributed by atoms with van der Waals surface area (Å²) in [5.41, 5.74) is 5.34. The van der Waals surface area contributed by atoms with Gasteiger partial charge in [-0.15, -0.1) is 0 Å². The molecule has 0 N–H and O–H groups in total. The van der Waals surface area contributed by atoms with Crippen LogP contribution in [-0.4, -0.2) is 0 Å². The second kappa shape index (κ2) is 8.11. The highest BCUT2D eigenvalue weighted by molar-refractivity contribution is 5.22. The standard InChI is InChI=1S/C15H24.C10H16/c1-13-7-5-8-14(2)10-12-15(3,4)11-6-9-13;1-7-8-4-5-9(6-8)10(7,2)3/h6-7,10-11H,5,8-9,12H2,1-4H3;8-9H,1,4-6H2,2-3H3/b11-6+,13-7+,14-10+;. The highest BCUT2D eigenvalue weighted by atomic mass is 14.5. The molecule has 2 saturated carbocycles. The first-order chi connectivity index (χ1) is 11.6. The van der Waals surface area contributed by atoms with E-state index in [1.165, 1.54) is 48.8 Å². The lowest BCUT2D eigenvalue weighted by Gasteiger charge is -2.31. The zero-order chi connectivity index (χ0) is 18.7. The molecule has 2 atom stereocenters. The van der Waals surface area contributed by atoms with E-state index in [-0.39, 0.29) is 0 Å². The van der Waals surface area contributed by atoms with Crippen molar-refractivity contribution in [2.75, 3.05) is 0 Å². The van der Waals surface area contributed by atoms with Gasteiger partial charge in [0.1, 0.15) is 0 Å². The normalized spacial score (nSPS) is 36.2. The predicted molar refractivity (Wildman–Crippen MR) is 113 cm³/mol. The molecule has 0 saturated heterocycles. The summed E-state index contributed by atoms with van der Waals surface area (Å²) in [6.45, 7) is 18.0. The summed E-state index contributed by atoms with van der Waals surface area (Å²) in [6.07, 6.45) is 18.5. The van der Waals surface area contributed by atoms with Crippen molar-refractivity contribution in [3.8, 4) is 0 Å². The predicted octanol–water partition coefficient (Wildman–Crippen LogP) is 8.03. The van der Waals surface area contributed by atoms with Crippen LogP contribution in [0, 0.1) is 22.7 Å². The molecule has 0 amide bonds. The Morgan fingerprint density at radius 1 is 1.00 bits per heavy atom. The Morgan fingerprint density at radius 3 is 2.28 bits per heavy atom. The third-order valence-electron chi connectivity index (χ3n) is 6.79. The first kappa shape index (κ1) is 20.3. The van der Waals surface area contributed by atoms with Crippen LogP contribution in [0.1, 0.15) is 86.5 Å². The molecule has 0 aromatic carbocycles. The SMILES string of the molecule is C/C1=C\CC/C(C)=C/CC(C)(C)/C=C/C1.C=C1C2CCC(C2)C1(C)C. The molecule has 3 aliphatic rings. The number of fused-ring (bicyclic) bond motifs is 2. The lowest BCUT2D eigenvalue weighted by molar-refractivity contribution is 0.289. The fourth-order valence-electron chi connectivity index (χ4n) is 4.54. The molecule has 0 spiro atoms. The van der Waals surface area contributed by atoms with Crippen LogP contribution in [0.2, 0.25) is 0 Å². The van der Waals surface area contributed by atoms with Crippen molar-refractivity contribution >= 4 is 0 Å². The summed E-state index contributed by atoms with van der Waals surface area (Å²) in [4.78, 5) is 0. The second-order valence-corrected chi connectivity index (χ2v) is 9.89. The molecule has 2 unspecified atom stereocenters. The van der Waals surface area contributed by atoms with E-state index in [0.717, 1.165) is 24.7 Å². The maximum atomic E-state index is 4.19. The van der Waals surface area contributed by atoms with Crippen LogP contribution in [0.25, 0.3) is 0 Å². The van der Waals surface area contributed by atoms with Crippen molar-refractivity contribution in [2.24, 2.45) is 22.7 Å². The zero-order valence-corrected chi connectivity index (χ0v) is 17.6. The monoisotopic (exact) mass is 340 g/mol. The maximum Gasteiger partial charge on any atom is -0.0116 e. The summed E-state index contributed by atoms with van der Waals surface area (Å²) in [5.74, 6) is 1.85. The number of hydrogen-bond donors (Lipinski definition) is 0. The summed E-state index contributed by atoms with van der Waals surface area (Å²) < 4.78 is 0. The average Bonchev–Trinajstić information content (AvgIpc) is 3.08. The minimum absolute atomic E-state index is 0.311. The zero-order valence-electron chi connectivity index (χ0n) is 17.6. The van der Waals surface area contributed by atoms with E-state index in [4.69, 9.17) is 0 Å². The quantitative estimate of drug-likeness (QED) is 0.391. The molecular formula is C25H40. The van der Waals surface area contributed by atoms with Gasteiger partial charge in [0.05, 0.1) is 0 Å². The Hall–Kier alpha value is -1.04. The van der Waals surface area contributed by atoms with Gasteiger partial charge in [0, 0.05) is 0 Å². The fourth-order valence-corrected chi connectivity index (χ4v) is 4.54. The van der Waals surface area contributed by atoms with E-state index < -0.39 is 0 Å². The van der Waals surface area contributed by atoms with E-state index in [0.29, 0.717) is 10.8 Å². The molecule has 140 valence electrons. The minimum Gasteiger partial charge on any atom is -0.0990 e. The van der Waals surface area contributed by atoms with Crippen LogP contribution >= 0.6 is 0 Å². The van der Waals surface area contributed by atoms with E-state index in [1.54, 1.807) is 0 Å². The Labute approximate surface area is 157 Å². The summed E-state index contributed by atoms with van der Waals surface area (Å²) in [6, 6.07) is 0. The molecule has 2 bridgehead atoms. The molecule has 0 heteroatoms. The molecule has 25 heavy (non-hydrogen) atoms. The largest absolute Gasteiger partial charge is 0.0990 e. The summed E-state index contributed by atoms with van der Waals surface area (Å²) in [5, 5.41) is 0. The second-order valence-electron chi connectivity index (χ2n) is 9.89. The molecule has 0 radical (unpaired) electrons. The first-order valence-corrected chi connectivity index (χ1v) is 10.3. The first-order valence-electron chi connectivity index (χ1n) is 10.3. The Morgan fingerprint density at radius 2 is 1.72 bits per heavy atom. The van der Waals surface area contributed by atoms with Gasteiger partial charge in [-0.1, -0.05) is 75.3 Å². The summed E-state index contributed by atoms with van der Waals surface area (Å²) >= 11 is 0. The molecule has 0 nitrogen and oxygen atoms in total. The summed E-state index contributed by atoms with van der Waals surface area (Å²) in [7, 11) is 0. The third kappa shape index (κ3) is 5.47.